The molecule has 0 aliphatic carbocycles. The fraction of sp³-hybridized carbons (Fsp3) is 0.667. The first-order chi connectivity index (χ1) is 5.07. The van der Waals surface area contributed by atoms with E-state index < -0.39 is 11.9 Å². The molecular weight excluding hydrogens is 166 g/mol. The third-order valence-corrected chi connectivity index (χ3v) is 0.930. The van der Waals surface area contributed by atoms with Crippen LogP contribution < -0.4 is 5.32 Å². The first-order valence-electron chi connectivity index (χ1n) is 3.23. The van der Waals surface area contributed by atoms with Crippen LogP contribution in [0.15, 0.2) is 0 Å². The average molecular weight is 177 g/mol. The SMILES string of the molecule is CCOC(=O)C(=O)NC(C)S. The van der Waals surface area contributed by atoms with Crippen LogP contribution in [-0.4, -0.2) is 23.9 Å². The monoisotopic (exact) mass is 177 g/mol. The van der Waals surface area contributed by atoms with Gasteiger partial charge in [-0.3, -0.25) is 4.79 Å². The van der Waals surface area contributed by atoms with Crippen molar-refractivity contribution in [2.75, 3.05) is 6.61 Å². The Morgan fingerprint density at radius 2 is 2.18 bits per heavy atom. The Balaban J connectivity index is 3.74. The molecule has 0 aromatic carbocycles. The average Bonchev–Trinajstić information content (AvgIpc) is 1.86. The molecule has 64 valence electrons. The second-order valence-corrected chi connectivity index (χ2v) is 2.64. The molecule has 11 heavy (non-hydrogen) atoms. The summed E-state index contributed by atoms with van der Waals surface area (Å²) >= 11 is 3.86. The molecule has 0 aliphatic rings. The van der Waals surface area contributed by atoms with Crippen LogP contribution in [-0.2, 0) is 14.3 Å². The highest BCUT2D eigenvalue weighted by molar-refractivity contribution is 7.80. The van der Waals surface area contributed by atoms with Crippen molar-refractivity contribution in [1.82, 2.24) is 5.32 Å². The number of rotatable bonds is 2. The summed E-state index contributed by atoms with van der Waals surface area (Å²) in [6.07, 6.45) is 0. The van der Waals surface area contributed by atoms with Crippen LogP contribution in [0.25, 0.3) is 0 Å². The van der Waals surface area contributed by atoms with Gasteiger partial charge in [-0.15, -0.1) is 0 Å². The topological polar surface area (TPSA) is 55.4 Å². The first-order valence-corrected chi connectivity index (χ1v) is 3.75. The Kier molecular flexibility index (Phi) is 4.69. The molecule has 0 saturated heterocycles. The maximum absolute atomic E-state index is 10.7. The van der Waals surface area contributed by atoms with Crippen molar-refractivity contribution in [3.05, 3.63) is 0 Å². The lowest BCUT2D eigenvalue weighted by atomic mass is 10.6. The number of ether oxygens (including phenoxy) is 1. The minimum atomic E-state index is -0.867. The molecule has 0 spiro atoms. The zero-order chi connectivity index (χ0) is 8.85. The molecule has 0 aromatic heterocycles. The highest BCUT2D eigenvalue weighted by atomic mass is 32.1. The molecule has 0 radical (unpaired) electrons. The third-order valence-electron chi connectivity index (χ3n) is 0.801. The van der Waals surface area contributed by atoms with Crippen LogP contribution in [0.2, 0.25) is 0 Å². The summed E-state index contributed by atoms with van der Waals surface area (Å²) in [5.41, 5.74) is 0. The van der Waals surface area contributed by atoms with Gasteiger partial charge in [0.25, 0.3) is 0 Å². The van der Waals surface area contributed by atoms with E-state index in [1.54, 1.807) is 13.8 Å². The van der Waals surface area contributed by atoms with Gasteiger partial charge in [0.05, 0.1) is 12.0 Å². The highest BCUT2D eigenvalue weighted by Crippen LogP contribution is 1.86. The van der Waals surface area contributed by atoms with E-state index in [0.29, 0.717) is 0 Å². The zero-order valence-electron chi connectivity index (χ0n) is 6.46. The fourth-order valence-corrected chi connectivity index (χ4v) is 0.563. The zero-order valence-corrected chi connectivity index (χ0v) is 7.35. The normalized spacial score (nSPS) is 11.9. The lowest BCUT2D eigenvalue weighted by Gasteiger charge is -2.05. The fourth-order valence-electron chi connectivity index (χ4n) is 0.445. The van der Waals surface area contributed by atoms with Gasteiger partial charge in [0.2, 0.25) is 0 Å². The molecule has 0 heterocycles. The second-order valence-electron chi connectivity index (χ2n) is 1.87. The number of esters is 1. The van der Waals surface area contributed by atoms with Gasteiger partial charge in [0.15, 0.2) is 0 Å². The molecule has 0 saturated carbocycles. The molecule has 0 bridgehead atoms. The summed E-state index contributed by atoms with van der Waals surface area (Å²) in [4.78, 5) is 21.3. The number of hydrogen-bond acceptors (Lipinski definition) is 4. The van der Waals surface area contributed by atoms with Crippen molar-refractivity contribution in [1.29, 1.82) is 0 Å². The number of carbonyl (C=O) groups is 2. The maximum Gasteiger partial charge on any atom is 0.396 e. The van der Waals surface area contributed by atoms with E-state index in [1.807, 2.05) is 0 Å². The predicted octanol–water partition coefficient (Wildman–Crippen LogP) is -0.0585. The number of hydrogen-bond donors (Lipinski definition) is 2. The van der Waals surface area contributed by atoms with Crippen LogP contribution in [0, 0.1) is 0 Å². The molecule has 5 heteroatoms. The number of nitrogens with one attached hydrogen (secondary N) is 1. The van der Waals surface area contributed by atoms with E-state index in [2.05, 4.69) is 22.7 Å². The first kappa shape index (κ1) is 10.3. The summed E-state index contributed by atoms with van der Waals surface area (Å²) in [6, 6.07) is 0. The Morgan fingerprint density at radius 3 is 2.55 bits per heavy atom. The van der Waals surface area contributed by atoms with Crippen molar-refractivity contribution >= 4 is 24.5 Å². The Hall–Kier alpha value is -0.710. The predicted molar refractivity (Wildman–Crippen MR) is 43.2 cm³/mol. The van der Waals surface area contributed by atoms with Crippen LogP contribution >= 0.6 is 12.6 Å². The molecule has 1 atom stereocenters. The molecule has 0 aromatic rings. The standard InChI is InChI=1S/C6H11NO3S/c1-3-10-6(9)5(8)7-4(2)11/h4,11H,3H2,1-2H3,(H,7,8). The van der Waals surface area contributed by atoms with Crippen molar-refractivity contribution in [2.24, 2.45) is 0 Å². The minimum Gasteiger partial charge on any atom is -0.459 e. The lowest BCUT2D eigenvalue weighted by Crippen LogP contribution is -2.35. The smallest absolute Gasteiger partial charge is 0.396 e. The van der Waals surface area contributed by atoms with Crippen LogP contribution in [0.1, 0.15) is 13.8 Å². The van der Waals surface area contributed by atoms with E-state index in [1.165, 1.54) is 0 Å². The van der Waals surface area contributed by atoms with Gasteiger partial charge in [0.1, 0.15) is 0 Å². The van der Waals surface area contributed by atoms with Gasteiger partial charge < -0.3 is 10.1 Å². The van der Waals surface area contributed by atoms with E-state index in [4.69, 9.17) is 0 Å². The molecule has 0 aliphatic heterocycles. The molecule has 1 unspecified atom stereocenters. The quantitative estimate of drug-likeness (QED) is 0.269. The summed E-state index contributed by atoms with van der Waals surface area (Å²) in [6.45, 7) is 3.47. The van der Waals surface area contributed by atoms with E-state index in [0.717, 1.165) is 0 Å². The Labute approximate surface area is 70.7 Å². The molecular formula is C6H11NO3S. The highest BCUT2D eigenvalue weighted by Gasteiger charge is 2.14. The molecule has 0 rings (SSSR count). The van der Waals surface area contributed by atoms with E-state index in [-0.39, 0.29) is 12.0 Å². The summed E-state index contributed by atoms with van der Waals surface area (Å²) in [5, 5.41) is 1.94. The second kappa shape index (κ2) is 5.01. The third kappa shape index (κ3) is 4.66. The molecule has 1 N–H and O–H groups in total. The molecule has 4 nitrogen and oxygen atoms in total. The Bertz CT molecular complexity index is 158. The lowest BCUT2D eigenvalue weighted by molar-refractivity contribution is -0.154. The van der Waals surface area contributed by atoms with Crippen molar-refractivity contribution < 1.29 is 14.3 Å². The van der Waals surface area contributed by atoms with Crippen LogP contribution in [0.4, 0.5) is 0 Å². The van der Waals surface area contributed by atoms with E-state index >= 15 is 0 Å². The number of carbonyl (C=O) groups excluding carboxylic acids is 2. The summed E-state index contributed by atoms with van der Waals surface area (Å²) in [5.74, 6) is -1.62. The Morgan fingerprint density at radius 1 is 1.64 bits per heavy atom. The van der Waals surface area contributed by atoms with Gasteiger partial charge in [-0.2, -0.15) is 12.6 Å². The van der Waals surface area contributed by atoms with Crippen LogP contribution in [0.5, 0.6) is 0 Å². The summed E-state index contributed by atoms with van der Waals surface area (Å²) < 4.78 is 4.42. The molecule has 0 fully saturated rings. The molecule has 1 amide bonds. The van der Waals surface area contributed by atoms with Crippen molar-refractivity contribution in [3.63, 3.8) is 0 Å². The van der Waals surface area contributed by atoms with Gasteiger partial charge in [0, 0.05) is 0 Å². The van der Waals surface area contributed by atoms with Gasteiger partial charge in [-0.25, -0.2) is 4.79 Å². The largest absolute Gasteiger partial charge is 0.459 e. The van der Waals surface area contributed by atoms with Gasteiger partial charge in [-0.1, -0.05) is 0 Å². The van der Waals surface area contributed by atoms with Gasteiger partial charge in [-0.05, 0) is 13.8 Å². The number of thiol groups is 1. The van der Waals surface area contributed by atoms with Crippen molar-refractivity contribution in [2.45, 2.75) is 19.2 Å². The van der Waals surface area contributed by atoms with E-state index in [9.17, 15) is 9.59 Å². The maximum atomic E-state index is 10.7. The summed E-state index contributed by atoms with van der Waals surface area (Å²) in [7, 11) is 0. The number of amides is 1. The van der Waals surface area contributed by atoms with Gasteiger partial charge >= 0.3 is 11.9 Å². The van der Waals surface area contributed by atoms with Crippen molar-refractivity contribution in [3.8, 4) is 0 Å². The van der Waals surface area contributed by atoms with Crippen LogP contribution in [0.3, 0.4) is 0 Å². The minimum absolute atomic E-state index is 0.202.